The molecular formula is C24H25NO5S. The highest BCUT2D eigenvalue weighted by Gasteiger charge is 2.19. The number of Topliss-reactive ketones (excluding diaryl/α,β-unsaturated/α-hetero) is 1. The van der Waals surface area contributed by atoms with Crippen LogP contribution in [0.4, 0.5) is 0 Å². The van der Waals surface area contributed by atoms with Crippen LogP contribution in [0.5, 0.6) is 17.2 Å². The van der Waals surface area contributed by atoms with Gasteiger partial charge in [-0.3, -0.25) is 4.79 Å². The van der Waals surface area contributed by atoms with Gasteiger partial charge in [0.15, 0.2) is 18.3 Å². The van der Waals surface area contributed by atoms with Crippen LogP contribution >= 0.6 is 11.8 Å². The number of pyridine rings is 1. The highest BCUT2D eigenvalue weighted by Crippen LogP contribution is 2.31. The van der Waals surface area contributed by atoms with Crippen molar-refractivity contribution < 1.29 is 23.7 Å². The van der Waals surface area contributed by atoms with Crippen molar-refractivity contribution in [1.82, 2.24) is 4.98 Å². The van der Waals surface area contributed by atoms with Crippen molar-refractivity contribution in [3.05, 3.63) is 78.0 Å². The minimum atomic E-state index is -0.328. The molecule has 0 radical (unpaired) electrons. The van der Waals surface area contributed by atoms with Gasteiger partial charge in [-0.2, -0.15) is 0 Å². The maximum absolute atomic E-state index is 12.9. The van der Waals surface area contributed by atoms with Gasteiger partial charge in [-0.1, -0.05) is 23.9 Å². The molecule has 1 aromatic heterocycles. The summed E-state index contributed by atoms with van der Waals surface area (Å²) in [5.41, 5.74) is 1.65. The van der Waals surface area contributed by atoms with Gasteiger partial charge in [0, 0.05) is 18.9 Å². The van der Waals surface area contributed by atoms with E-state index in [0.717, 1.165) is 11.3 Å². The van der Waals surface area contributed by atoms with Crippen molar-refractivity contribution in [1.29, 1.82) is 0 Å². The van der Waals surface area contributed by atoms with E-state index in [-0.39, 0.29) is 17.8 Å². The van der Waals surface area contributed by atoms with Crippen LogP contribution in [0.1, 0.15) is 22.8 Å². The predicted molar refractivity (Wildman–Crippen MR) is 120 cm³/mol. The van der Waals surface area contributed by atoms with Crippen molar-refractivity contribution in [3.8, 4) is 17.2 Å². The molecule has 0 N–H and O–H groups in total. The summed E-state index contributed by atoms with van der Waals surface area (Å²) >= 11 is 1.36. The number of ketones is 1. The van der Waals surface area contributed by atoms with Crippen molar-refractivity contribution in [2.45, 2.75) is 23.8 Å². The summed E-state index contributed by atoms with van der Waals surface area (Å²) in [6.45, 7) is 2.42. The molecule has 0 aliphatic carbocycles. The number of methoxy groups -OCH3 is 2. The third-order valence-corrected chi connectivity index (χ3v) is 5.53. The molecule has 7 heteroatoms. The monoisotopic (exact) mass is 439 g/mol. The Hall–Kier alpha value is -3.03. The van der Waals surface area contributed by atoms with Crippen molar-refractivity contribution in [2.24, 2.45) is 0 Å². The number of hydrogen-bond donors (Lipinski definition) is 0. The number of aromatic nitrogens is 1. The number of rotatable bonds is 11. The van der Waals surface area contributed by atoms with Gasteiger partial charge in [0.2, 0.25) is 0 Å². The zero-order valence-electron chi connectivity index (χ0n) is 17.7. The van der Waals surface area contributed by atoms with Crippen molar-refractivity contribution in [3.63, 3.8) is 0 Å². The van der Waals surface area contributed by atoms with E-state index in [2.05, 4.69) is 4.98 Å². The molecule has 0 saturated heterocycles. The third-order valence-electron chi connectivity index (χ3n) is 4.43. The SMILES string of the molecule is COCOc1cccnc1SC(C)C(=O)c1ccc(OCc2ccc(OC)cc2)cc1. The smallest absolute Gasteiger partial charge is 0.188 e. The van der Waals surface area contributed by atoms with Gasteiger partial charge in [-0.05, 0) is 61.0 Å². The largest absolute Gasteiger partial charge is 0.497 e. The molecule has 1 heterocycles. The molecule has 3 rings (SSSR count). The minimum Gasteiger partial charge on any atom is -0.497 e. The zero-order valence-corrected chi connectivity index (χ0v) is 18.6. The molecule has 1 unspecified atom stereocenters. The molecular weight excluding hydrogens is 414 g/mol. The topological polar surface area (TPSA) is 66.9 Å². The first-order valence-electron chi connectivity index (χ1n) is 9.74. The summed E-state index contributed by atoms with van der Waals surface area (Å²) in [5, 5.41) is 0.325. The molecule has 0 saturated carbocycles. The molecule has 3 aromatic rings. The Morgan fingerprint density at radius 2 is 1.68 bits per heavy atom. The lowest BCUT2D eigenvalue weighted by atomic mass is 10.1. The van der Waals surface area contributed by atoms with E-state index in [1.807, 2.05) is 43.3 Å². The molecule has 162 valence electrons. The molecule has 6 nitrogen and oxygen atoms in total. The summed E-state index contributed by atoms with van der Waals surface area (Å²) in [6, 6.07) is 18.5. The second-order valence-electron chi connectivity index (χ2n) is 6.64. The van der Waals surface area contributed by atoms with E-state index in [1.165, 1.54) is 11.8 Å². The van der Waals surface area contributed by atoms with Gasteiger partial charge in [0.25, 0.3) is 0 Å². The zero-order chi connectivity index (χ0) is 22.1. The lowest BCUT2D eigenvalue weighted by Crippen LogP contribution is -2.14. The Morgan fingerprint density at radius 1 is 0.968 bits per heavy atom. The third kappa shape index (κ3) is 6.47. The van der Waals surface area contributed by atoms with Crippen LogP contribution in [0, 0.1) is 0 Å². The van der Waals surface area contributed by atoms with Gasteiger partial charge >= 0.3 is 0 Å². The first kappa shape index (κ1) is 22.7. The Morgan fingerprint density at radius 3 is 2.35 bits per heavy atom. The van der Waals surface area contributed by atoms with E-state index < -0.39 is 0 Å². The number of carbonyl (C=O) groups excluding carboxylic acids is 1. The molecule has 2 aromatic carbocycles. The summed E-state index contributed by atoms with van der Waals surface area (Å²) in [4.78, 5) is 17.2. The van der Waals surface area contributed by atoms with E-state index in [4.69, 9.17) is 18.9 Å². The maximum Gasteiger partial charge on any atom is 0.188 e. The van der Waals surface area contributed by atoms with Gasteiger partial charge in [0.05, 0.1) is 12.4 Å². The average Bonchev–Trinajstić information content (AvgIpc) is 2.82. The molecule has 1 atom stereocenters. The highest BCUT2D eigenvalue weighted by molar-refractivity contribution is 8.00. The van der Waals surface area contributed by atoms with Gasteiger partial charge in [-0.25, -0.2) is 4.98 Å². The van der Waals surface area contributed by atoms with Gasteiger partial charge in [-0.15, -0.1) is 0 Å². The quantitative estimate of drug-likeness (QED) is 0.236. The molecule has 0 bridgehead atoms. The molecule has 0 aliphatic rings. The van der Waals surface area contributed by atoms with Crippen LogP contribution in [0.3, 0.4) is 0 Å². The second kappa shape index (κ2) is 11.4. The van der Waals surface area contributed by atoms with E-state index >= 15 is 0 Å². The summed E-state index contributed by atoms with van der Waals surface area (Å²) < 4.78 is 21.4. The number of hydrogen-bond acceptors (Lipinski definition) is 7. The van der Waals surface area contributed by atoms with Crippen LogP contribution in [0.2, 0.25) is 0 Å². The molecule has 0 spiro atoms. The Bertz CT molecular complexity index is 976. The van der Waals surface area contributed by atoms with E-state index in [0.29, 0.717) is 28.7 Å². The van der Waals surface area contributed by atoms with Crippen molar-refractivity contribution in [2.75, 3.05) is 21.0 Å². The van der Waals surface area contributed by atoms with E-state index in [1.54, 1.807) is 44.7 Å². The number of thioether (sulfide) groups is 1. The lowest BCUT2D eigenvalue weighted by molar-refractivity contribution is 0.0486. The fraction of sp³-hybridized carbons (Fsp3) is 0.250. The molecule has 0 aliphatic heterocycles. The highest BCUT2D eigenvalue weighted by atomic mass is 32.2. The fourth-order valence-electron chi connectivity index (χ4n) is 2.76. The summed E-state index contributed by atoms with van der Waals surface area (Å²) in [7, 11) is 3.19. The predicted octanol–water partition coefficient (Wildman–Crippen LogP) is 5.02. The van der Waals surface area contributed by atoms with E-state index in [9.17, 15) is 4.79 Å². The Balaban J connectivity index is 1.58. The van der Waals surface area contributed by atoms with Crippen LogP contribution in [0.15, 0.2) is 71.9 Å². The summed E-state index contributed by atoms with van der Waals surface area (Å²) in [5.74, 6) is 2.11. The van der Waals surface area contributed by atoms with Crippen LogP contribution in [-0.4, -0.2) is 37.0 Å². The Kier molecular flexibility index (Phi) is 8.32. The average molecular weight is 440 g/mol. The van der Waals surface area contributed by atoms with Gasteiger partial charge in [0.1, 0.15) is 23.1 Å². The normalized spacial score (nSPS) is 11.6. The van der Waals surface area contributed by atoms with Crippen LogP contribution < -0.4 is 14.2 Å². The van der Waals surface area contributed by atoms with Crippen molar-refractivity contribution >= 4 is 17.5 Å². The number of nitrogens with zero attached hydrogens (tertiary/aromatic N) is 1. The molecule has 0 amide bonds. The Labute approximate surface area is 186 Å². The second-order valence-corrected chi connectivity index (χ2v) is 7.97. The molecule has 31 heavy (non-hydrogen) atoms. The number of carbonyl (C=O) groups is 1. The van der Waals surface area contributed by atoms with Crippen LogP contribution in [0.25, 0.3) is 0 Å². The molecule has 0 fully saturated rings. The summed E-state index contributed by atoms with van der Waals surface area (Å²) in [6.07, 6.45) is 1.67. The lowest BCUT2D eigenvalue weighted by Gasteiger charge is -2.13. The number of benzene rings is 2. The number of ether oxygens (including phenoxy) is 4. The van der Waals surface area contributed by atoms with Gasteiger partial charge < -0.3 is 18.9 Å². The fourth-order valence-corrected chi connectivity index (χ4v) is 3.70. The first-order valence-corrected chi connectivity index (χ1v) is 10.6. The standard InChI is InChI=1S/C24H25NO5S/c1-17(31-24-22(30-16-27-2)5-4-14-25-24)23(26)19-8-12-21(13-9-19)29-15-18-6-10-20(28-3)11-7-18/h4-14,17H,15-16H2,1-3H3. The maximum atomic E-state index is 12.9. The van der Waals surface area contributed by atoms with Crippen LogP contribution in [-0.2, 0) is 11.3 Å². The first-order chi connectivity index (χ1) is 15.1. The minimum absolute atomic E-state index is 0.00930.